The molecule has 0 aliphatic heterocycles. The van der Waals surface area contributed by atoms with E-state index in [-0.39, 0.29) is 5.56 Å². The summed E-state index contributed by atoms with van der Waals surface area (Å²) in [6.07, 6.45) is 0. The zero-order valence-electron chi connectivity index (χ0n) is 16.6. The second-order valence-corrected chi connectivity index (χ2v) is 7.29. The zero-order valence-corrected chi connectivity index (χ0v) is 16.6. The summed E-state index contributed by atoms with van der Waals surface area (Å²) in [6, 6.07) is 18.0. The van der Waals surface area contributed by atoms with Crippen LogP contribution in [0.1, 0.15) is 12.5 Å². The molecule has 5 nitrogen and oxygen atoms in total. The third kappa shape index (κ3) is 2.70. The van der Waals surface area contributed by atoms with Crippen LogP contribution in [0.2, 0.25) is 0 Å². The lowest BCUT2D eigenvalue weighted by Gasteiger charge is -2.06. The van der Waals surface area contributed by atoms with Crippen LogP contribution in [0.5, 0.6) is 5.75 Å². The fourth-order valence-electron chi connectivity index (χ4n) is 4.07. The molecule has 0 bridgehead atoms. The smallest absolute Gasteiger partial charge is 0.259 e. The molecule has 0 atom stereocenters. The SMILES string of the molecule is CCn1c2ccc(C)cc2c2cc3c(=O)[nH]c(-c4ccc(OC)cc4)nc3cc21. The van der Waals surface area contributed by atoms with Crippen LogP contribution < -0.4 is 10.3 Å². The van der Waals surface area contributed by atoms with Gasteiger partial charge >= 0.3 is 0 Å². The van der Waals surface area contributed by atoms with Crippen LogP contribution in [-0.2, 0) is 6.54 Å². The maximum atomic E-state index is 12.9. The van der Waals surface area contributed by atoms with Gasteiger partial charge in [-0.25, -0.2) is 4.98 Å². The van der Waals surface area contributed by atoms with Crippen molar-refractivity contribution in [3.63, 3.8) is 0 Å². The molecule has 5 aromatic rings. The molecule has 2 aromatic heterocycles. The van der Waals surface area contributed by atoms with Gasteiger partial charge in [0.2, 0.25) is 0 Å². The van der Waals surface area contributed by atoms with Crippen LogP contribution in [0.4, 0.5) is 0 Å². The molecule has 0 aliphatic carbocycles. The van der Waals surface area contributed by atoms with Gasteiger partial charge in [-0.05, 0) is 62.4 Å². The Bertz CT molecular complexity index is 1440. The topological polar surface area (TPSA) is 59.9 Å². The van der Waals surface area contributed by atoms with Gasteiger partial charge in [0.25, 0.3) is 5.56 Å². The summed E-state index contributed by atoms with van der Waals surface area (Å²) in [5.41, 5.74) is 4.88. The number of methoxy groups -OCH3 is 1. The first-order chi connectivity index (χ1) is 14.1. The van der Waals surface area contributed by atoms with Gasteiger partial charge in [-0.15, -0.1) is 0 Å². The van der Waals surface area contributed by atoms with Gasteiger partial charge in [0, 0.05) is 28.4 Å². The number of hydrogen-bond acceptors (Lipinski definition) is 3. The monoisotopic (exact) mass is 383 g/mol. The number of aromatic amines is 1. The lowest BCUT2D eigenvalue weighted by atomic mass is 10.1. The number of rotatable bonds is 3. The van der Waals surface area contributed by atoms with Gasteiger partial charge in [-0.3, -0.25) is 4.79 Å². The number of ether oxygens (including phenoxy) is 1. The predicted octanol–water partition coefficient (Wildman–Crippen LogP) is 5.03. The minimum absolute atomic E-state index is 0.132. The summed E-state index contributed by atoms with van der Waals surface area (Å²) in [5.74, 6) is 1.32. The van der Waals surface area contributed by atoms with Crippen molar-refractivity contribution in [2.45, 2.75) is 20.4 Å². The molecule has 0 unspecified atom stereocenters. The van der Waals surface area contributed by atoms with Crippen LogP contribution in [-0.4, -0.2) is 21.6 Å². The van der Waals surface area contributed by atoms with Gasteiger partial charge in [0.05, 0.1) is 23.5 Å². The number of H-pyrrole nitrogens is 1. The van der Waals surface area contributed by atoms with E-state index in [1.54, 1.807) is 7.11 Å². The first kappa shape index (κ1) is 17.5. The Kier molecular flexibility index (Phi) is 3.91. The second-order valence-electron chi connectivity index (χ2n) is 7.29. The van der Waals surface area contributed by atoms with Gasteiger partial charge in [0.1, 0.15) is 11.6 Å². The van der Waals surface area contributed by atoms with Crippen molar-refractivity contribution in [2.24, 2.45) is 0 Å². The standard InChI is InChI=1S/C24H21N3O2/c1-4-27-21-10-5-14(2)11-17(21)18-12-19-20(13-22(18)27)25-23(26-24(19)28)15-6-8-16(29-3)9-7-15/h5-13H,4H2,1-3H3,(H,25,26,28). The van der Waals surface area contributed by atoms with Crippen LogP contribution in [0.3, 0.4) is 0 Å². The average molecular weight is 383 g/mol. The maximum absolute atomic E-state index is 12.9. The molecule has 1 N–H and O–H groups in total. The van der Waals surface area contributed by atoms with Crippen molar-refractivity contribution in [1.82, 2.24) is 14.5 Å². The van der Waals surface area contributed by atoms with E-state index in [1.165, 1.54) is 16.5 Å². The van der Waals surface area contributed by atoms with E-state index in [2.05, 4.69) is 41.6 Å². The first-order valence-corrected chi connectivity index (χ1v) is 9.70. The summed E-state index contributed by atoms with van der Waals surface area (Å²) < 4.78 is 7.49. The summed E-state index contributed by atoms with van der Waals surface area (Å²) in [5, 5.41) is 2.86. The molecule has 0 spiro atoms. The van der Waals surface area contributed by atoms with Gasteiger partial charge < -0.3 is 14.3 Å². The number of benzene rings is 3. The van der Waals surface area contributed by atoms with Crippen molar-refractivity contribution in [3.05, 3.63) is 70.5 Å². The molecule has 5 rings (SSSR count). The average Bonchev–Trinajstić information content (AvgIpc) is 3.04. The number of hydrogen-bond donors (Lipinski definition) is 1. The Hall–Kier alpha value is -3.60. The Labute approximate surface area is 167 Å². The van der Waals surface area contributed by atoms with Crippen molar-refractivity contribution in [2.75, 3.05) is 7.11 Å². The highest BCUT2D eigenvalue weighted by Crippen LogP contribution is 2.32. The zero-order chi connectivity index (χ0) is 20.1. The summed E-state index contributed by atoms with van der Waals surface area (Å²) in [4.78, 5) is 20.6. The van der Waals surface area contributed by atoms with Crippen LogP contribution in [0.15, 0.2) is 59.4 Å². The Balaban J connectivity index is 1.81. The molecule has 0 aliphatic rings. The molecule has 0 saturated carbocycles. The maximum Gasteiger partial charge on any atom is 0.259 e. The Morgan fingerprint density at radius 3 is 2.45 bits per heavy atom. The molecule has 3 aromatic carbocycles. The van der Waals surface area contributed by atoms with E-state index in [0.717, 1.165) is 28.8 Å². The number of nitrogens with one attached hydrogen (secondary N) is 1. The van der Waals surface area contributed by atoms with Gasteiger partial charge in [0.15, 0.2) is 0 Å². The lowest BCUT2D eigenvalue weighted by molar-refractivity contribution is 0.415. The van der Waals surface area contributed by atoms with Crippen LogP contribution in [0.25, 0.3) is 44.1 Å². The highest BCUT2D eigenvalue weighted by Gasteiger charge is 2.14. The summed E-state index contributed by atoms with van der Waals surface area (Å²) in [6.45, 7) is 5.07. The van der Waals surface area contributed by atoms with E-state index in [4.69, 9.17) is 9.72 Å². The minimum atomic E-state index is -0.132. The molecule has 0 radical (unpaired) electrons. The van der Waals surface area contributed by atoms with E-state index in [0.29, 0.717) is 16.7 Å². The van der Waals surface area contributed by atoms with Gasteiger partial charge in [-0.2, -0.15) is 0 Å². The number of nitrogens with zero attached hydrogens (tertiary/aromatic N) is 2. The summed E-state index contributed by atoms with van der Waals surface area (Å²) >= 11 is 0. The number of aromatic nitrogens is 3. The molecule has 144 valence electrons. The summed E-state index contributed by atoms with van der Waals surface area (Å²) in [7, 11) is 1.63. The Morgan fingerprint density at radius 2 is 1.72 bits per heavy atom. The molecule has 0 amide bonds. The molecule has 29 heavy (non-hydrogen) atoms. The van der Waals surface area contributed by atoms with Crippen molar-refractivity contribution in [1.29, 1.82) is 0 Å². The molecule has 0 saturated heterocycles. The fraction of sp³-hybridized carbons (Fsp3) is 0.167. The largest absolute Gasteiger partial charge is 0.497 e. The molecule has 0 fully saturated rings. The van der Waals surface area contributed by atoms with Crippen molar-refractivity contribution >= 4 is 32.7 Å². The van der Waals surface area contributed by atoms with E-state index in [9.17, 15) is 4.79 Å². The normalized spacial score (nSPS) is 11.6. The second kappa shape index (κ2) is 6.48. The third-order valence-electron chi connectivity index (χ3n) is 5.53. The van der Waals surface area contributed by atoms with Crippen molar-refractivity contribution in [3.8, 4) is 17.1 Å². The van der Waals surface area contributed by atoms with Crippen LogP contribution in [0, 0.1) is 6.92 Å². The number of fused-ring (bicyclic) bond motifs is 4. The number of aryl methyl sites for hydroxylation is 2. The highest BCUT2D eigenvalue weighted by atomic mass is 16.5. The van der Waals surface area contributed by atoms with Crippen molar-refractivity contribution < 1.29 is 4.74 Å². The minimum Gasteiger partial charge on any atom is -0.497 e. The fourth-order valence-corrected chi connectivity index (χ4v) is 4.07. The Morgan fingerprint density at radius 1 is 0.966 bits per heavy atom. The predicted molar refractivity (Wildman–Crippen MR) is 118 cm³/mol. The molecule has 5 heteroatoms. The van der Waals surface area contributed by atoms with E-state index in [1.807, 2.05) is 36.4 Å². The lowest BCUT2D eigenvalue weighted by Crippen LogP contribution is -2.09. The quantitative estimate of drug-likeness (QED) is 0.475. The van der Waals surface area contributed by atoms with Gasteiger partial charge in [-0.1, -0.05) is 11.6 Å². The van der Waals surface area contributed by atoms with Crippen LogP contribution >= 0.6 is 0 Å². The molecule has 2 heterocycles. The molecular formula is C24H21N3O2. The third-order valence-corrected chi connectivity index (χ3v) is 5.53. The van der Waals surface area contributed by atoms with E-state index >= 15 is 0 Å². The molecular weight excluding hydrogens is 362 g/mol. The highest BCUT2D eigenvalue weighted by molar-refractivity contribution is 6.12. The van der Waals surface area contributed by atoms with E-state index < -0.39 is 0 Å². The first-order valence-electron chi connectivity index (χ1n) is 9.70.